The van der Waals surface area contributed by atoms with E-state index in [2.05, 4.69) is 36.8 Å². The summed E-state index contributed by atoms with van der Waals surface area (Å²) in [4.78, 5) is 25.2. The molecule has 0 fully saturated rings. The van der Waals surface area contributed by atoms with E-state index in [1.54, 1.807) is 35.9 Å². The minimum atomic E-state index is -0.887. The van der Waals surface area contributed by atoms with Gasteiger partial charge in [-0.1, -0.05) is 49.3 Å². The highest BCUT2D eigenvalue weighted by Crippen LogP contribution is 2.28. The van der Waals surface area contributed by atoms with E-state index in [0.29, 0.717) is 34.1 Å². The third-order valence-corrected chi connectivity index (χ3v) is 6.89. The molecule has 1 heterocycles. The SMILES string of the molecule is CC(C)C[C@@H](NC(=O)c1ccccc1Cl)c1nnc(SCC(=O)Nc2c(F)cc(F)cc2Br)n1C. The minimum Gasteiger partial charge on any atom is -0.342 e. The van der Waals surface area contributed by atoms with E-state index >= 15 is 0 Å². The summed E-state index contributed by atoms with van der Waals surface area (Å²) in [5.74, 6) is -1.80. The van der Waals surface area contributed by atoms with Crippen molar-refractivity contribution >= 4 is 56.8 Å². The second kappa shape index (κ2) is 12.0. The van der Waals surface area contributed by atoms with Crippen molar-refractivity contribution in [2.45, 2.75) is 31.5 Å². The predicted molar refractivity (Wildman–Crippen MR) is 136 cm³/mol. The Balaban J connectivity index is 1.71. The molecule has 0 aliphatic rings. The molecule has 2 aromatic carbocycles. The maximum Gasteiger partial charge on any atom is 0.253 e. The van der Waals surface area contributed by atoms with Gasteiger partial charge in [0.25, 0.3) is 5.91 Å². The van der Waals surface area contributed by atoms with Crippen LogP contribution in [0.2, 0.25) is 5.02 Å². The summed E-state index contributed by atoms with van der Waals surface area (Å²) in [5, 5.41) is 14.6. The molecule has 3 rings (SSSR count). The van der Waals surface area contributed by atoms with Gasteiger partial charge in [-0.15, -0.1) is 10.2 Å². The zero-order chi connectivity index (χ0) is 25.7. The van der Waals surface area contributed by atoms with Crippen LogP contribution in [-0.4, -0.2) is 32.3 Å². The third-order valence-electron chi connectivity index (χ3n) is 4.91. The Morgan fingerprint density at radius 2 is 1.91 bits per heavy atom. The lowest BCUT2D eigenvalue weighted by Crippen LogP contribution is -2.31. The van der Waals surface area contributed by atoms with E-state index in [9.17, 15) is 18.4 Å². The number of nitrogens with zero attached hydrogens (tertiary/aromatic N) is 3. The fraction of sp³-hybridized carbons (Fsp3) is 0.304. The van der Waals surface area contributed by atoms with Crippen molar-refractivity contribution in [3.8, 4) is 0 Å². The molecule has 0 bridgehead atoms. The molecule has 7 nitrogen and oxygen atoms in total. The number of halogens is 4. The lowest BCUT2D eigenvalue weighted by molar-refractivity contribution is -0.113. The summed E-state index contributed by atoms with van der Waals surface area (Å²) >= 11 is 10.3. The fourth-order valence-corrected chi connectivity index (χ4v) is 4.75. The highest BCUT2D eigenvalue weighted by atomic mass is 79.9. The van der Waals surface area contributed by atoms with Gasteiger partial charge in [0.15, 0.2) is 16.8 Å². The molecule has 0 saturated heterocycles. The highest BCUT2D eigenvalue weighted by molar-refractivity contribution is 9.10. The number of amides is 2. The second-order valence-electron chi connectivity index (χ2n) is 8.12. The van der Waals surface area contributed by atoms with Crippen LogP contribution in [0.25, 0.3) is 0 Å². The van der Waals surface area contributed by atoms with E-state index in [-0.39, 0.29) is 27.7 Å². The first kappa shape index (κ1) is 27.1. The number of benzene rings is 2. The van der Waals surface area contributed by atoms with E-state index in [1.165, 1.54) is 0 Å². The van der Waals surface area contributed by atoms with Gasteiger partial charge in [0.2, 0.25) is 5.91 Å². The first-order valence-electron chi connectivity index (χ1n) is 10.6. The van der Waals surface area contributed by atoms with Crippen LogP contribution in [0.15, 0.2) is 46.0 Å². The van der Waals surface area contributed by atoms with Crippen molar-refractivity contribution < 1.29 is 18.4 Å². The average Bonchev–Trinajstić information content (AvgIpc) is 3.14. The van der Waals surface area contributed by atoms with Crippen molar-refractivity contribution in [2.75, 3.05) is 11.1 Å². The summed E-state index contributed by atoms with van der Waals surface area (Å²) in [6.45, 7) is 4.05. The highest BCUT2D eigenvalue weighted by Gasteiger charge is 2.24. The molecule has 0 unspecified atom stereocenters. The van der Waals surface area contributed by atoms with Crippen LogP contribution in [-0.2, 0) is 11.8 Å². The molecule has 1 aromatic heterocycles. The van der Waals surface area contributed by atoms with Crippen LogP contribution < -0.4 is 10.6 Å². The second-order valence-corrected chi connectivity index (χ2v) is 10.3. The number of carbonyl (C=O) groups excluding carboxylic acids is 2. The molecule has 35 heavy (non-hydrogen) atoms. The van der Waals surface area contributed by atoms with Crippen LogP contribution in [0, 0.1) is 17.6 Å². The van der Waals surface area contributed by atoms with Crippen molar-refractivity contribution in [3.05, 3.63) is 68.9 Å². The zero-order valence-electron chi connectivity index (χ0n) is 19.1. The van der Waals surface area contributed by atoms with Crippen molar-refractivity contribution in [1.29, 1.82) is 0 Å². The van der Waals surface area contributed by atoms with E-state index in [0.717, 1.165) is 17.8 Å². The Bertz CT molecular complexity index is 1220. The lowest BCUT2D eigenvalue weighted by atomic mass is 10.0. The maximum atomic E-state index is 14.0. The summed E-state index contributed by atoms with van der Waals surface area (Å²) in [5.41, 5.74) is 0.213. The van der Waals surface area contributed by atoms with Gasteiger partial charge >= 0.3 is 0 Å². The van der Waals surface area contributed by atoms with Gasteiger partial charge in [-0.3, -0.25) is 9.59 Å². The summed E-state index contributed by atoms with van der Waals surface area (Å²) in [6.07, 6.45) is 0.602. The van der Waals surface area contributed by atoms with Crippen LogP contribution in [0.1, 0.15) is 42.5 Å². The van der Waals surface area contributed by atoms with E-state index < -0.39 is 23.6 Å². The molecular formula is C23H23BrClF2N5O2S. The largest absolute Gasteiger partial charge is 0.342 e. The molecule has 3 aromatic rings. The van der Waals surface area contributed by atoms with Crippen LogP contribution in [0.4, 0.5) is 14.5 Å². The first-order chi connectivity index (χ1) is 16.6. The molecule has 0 radical (unpaired) electrons. The first-order valence-corrected chi connectivity index (χ1v) is 12.7. The number of carbonyl (C=O) groups is 2. The Labute approximate surface area is 219 Å². The molecule has 1 atom stereocenters. The summed E-state index contributed by atoms with van der Waals surface area (Å²) < 4.78 is 29.0. The zero-order valence-corrected chi connectivity index (χ0v) is 22.3. The smallest absolute Gasteiger partial charge is 0.253 e. The molecule has 186 valence electrons. The number of anilines is 1. The number of rotatable bonds is 9. The molecule has 2 amide bonds. The average molecular weight is 587 g/mol. The van der Waals surface area contributed by atoms with E-state index in [4.69, 9.17) is 11.6 Å². The Kier molecular flexibility index (Phi) is 9.26. The lowest BCUT2D eigenvalue weighted by Gasteiger charge is -2.20. The van der Waals surface area contributed by atoms with Crippen LogP contribution in [0.3, 0.4) is 0 Å². The maximum absolute atomic E-state index is 14.0. The molecule has 12 heteroatoms. The number of thioether (sulfide) groups is 1. The molecule has 0 aliphatic carbocycles. The van der Waals surface area contributed by atoms with Gasteiger partial charge < -0.3 is 15.2 Å². The van der Waals surface area contributed by atoms with Crippen molar-refractivity contribution in [2.24, 2.45) is 13.0 Å². The number of nitrogens with one attached hydrogen (secondary N) is 2. The number of hydrogen-bond acceptors (Lipinski definition) is 5. The monoisotopic (exact) mass is 585 g/mol. The standard InChI is InChI=1S/C23H23BrClF2N5O2S/c1-12(2)8-18(28-22(34)14-6-4-5-7-16(14)25)21-30-31-23(32(21)3)35-11-19(33)29-20-15(24)9-13(26)10-17(20)27/h4-7,9-10,12,18H,8,11H2,1-3H3,(H,28,34)(H,29,33)/t18-/m1/s1. The molecule has 0 saturated carbocycles. The third kappa shape index (κ3) is 7.02. The van der Waals surface area contributed by atoms with Crippen molar-refractivity contribution in [1.82, 2.24) is 20.1 Å². The van der Waals surface area contributed by atoms with Gasteiger partial charge in [0.05, 0.1) is 28.1 Å². The Morgan fingerprint density at radius 1 is 1.20 bits per heavy atom. The normalized spacial score (nSPS) is 12.0. The minimum absolute atomic E-state index is 0.0872. The van der Waals surface area contributed by atoms with Gasteiger partial charge in [-0.05, 0) is 46.5 Å². The Hall–Kier alpha value is -2.50. The summed E-state index contributed by atoms with van der Waals surface area (Å²) in [6, 6.07) is 8.08. The quantitative estimate of drug-likeness (QED) is 0.312. The van der Waals surface area contributed by atoms with Gasteiger partial charge in [0.1, 0.15) is 5.82 Å². The Morgan fingerprint density at radius 3 is 2.57 bits per heavy atom. The molecule has 2 N–H and O–H groups in total. The fourth-order valence-electron chi connectivity index (χ4n) is 3.30. The molecular weight excluding hydrogens is 564 g/mol. The summed E-state index contributed by atoms with van der Waals surface area (Å²) in [7, 11) is 1.74. The predicted octanol–water partition coefficient (Wildman–Crippen LogP) is 5.76. The van der Waals surface area contributed by atoms with E-state index in [1.807, 2.05) is 13.8 Å². The molecule has 0 spiro atoms. The van der Waals surface area contributed by atoms with Gasteiger partial charge in [-0.25, -0.2) is 8.78 Å². The molecule has 0 aliphatic heterocycles. The van der Waals surface area contributed by atoms with Crippen LogP contribution in [0.5, 0.6) is 0 Å². The van der Waals surface area contributed by atoms with Crippen LogP contribution >= 0.6 is 39.3 Å². The number of aromatic nitrogens is 3. The van der Waals surface area contributed by atoms with Gasteiger partial charge in [0, 0.05) is 17.6 Å². The topological polar surface area (TPSA) is 88.9 Å². The van der Waals surface area contributed by atoms with Crippen molar-refractivity contribution in [3.63, 3.8) is 0 Å². The van der Waals surface area contributed by atoms with Gasteiger partial charge in [-0.2, -0.15) is 0 Å². The number of hydrogen-bond donors (Lipinski definition) is 2.